The van der Waals surface area contributed by atoms with Crippen molar-refractivity contribution in [3.63, 3.8) is 0 Å². The number of ether oxygens (including phenoxy) is 2. The third-order valence-electron chi connectivity index (χ3n) is 9.15. The molecule has 0 radical (unpaired) electrons. The Bertz CT molecular complexity index is 1230. The average Bonchev–Trinajstić information content (AvgIpc) is 3.31. The highest BCUT2D eigenvalue weighted by molar-refractivity contribution is 5.99. The molecule has 8 nitrogen and oxygen atoms in total. The number of hydrogen-bond donors (Lipinski definition) is 1. The molecular weight excluding hydrogens is 532 g/mol. The lowest BCUT2D eigenvalue weighted by atomic mass is 9.77. The Kier molecular flexibility index (Phi) is 8.42. The summed E-state index contributed by atoms with van der Waals surface area (Å²) >= 11 is 0. The van der Waals surface area contributed by atoms with Crippen LogP contribution in [0, 0.1) is 17.3 Å². The molecule has 1 spiro atoms. The van der Waals surface area contributed by atoms with Gasteiger partial charge >= 0.3 is 5.97 Å². The van der Waals surface area contributed by atoms with Gasteiger partial charge in [-0.2, -0.15) is 0 Å². The number of rotatable bonds is 6. The first kappa shape index (κ1) is 30.5. The zero-order valence-electron chi connectivity index (χ0n) is 25.6. The average molecular weight is 579 g/mol. The molecule has 228 valence electrons. The van der Waals surface area contributed by atoms with E-state index < -0.39 is 47.1 Å². The second-order valence-electron chi connectivity index (χ2n) is 14.1. The minimum Gasteiger partial charge on any atom is -0.465 e. The number of fused-ring (bicyclic) bond motifs is 2. The highest BCUT2D eigenvalue weighted by Crippen LogP contribution is 2.54. The SMILES string of the molecule is CC(C)(C)CC(C)(C)N1CC=C[C@]23O[C@@H]4/C=C\CCCCOC(=O)[C@@H]4[C@H]2C(=O)N([C@@H](CO)Cc2ccccc2)C3C1=O. The summed E-state index contributed by atoms with van der Waals surface area (Å²) in [6.07, 6.45) is 10.5. The number of benzene rings is 1. The normalized spacial score (nSPS) is 31.6. The number of cyclic esters (lactones) is 1. The van der Waals surface area contributed by atoms with Gasteiger partial charge in [0.15, 0.2) is 0 Å². The Balaban J connectivity index is 1.63. The number of carbonyl (C=O) groups is 3. The number of aliphatic hydroxyl groups is 1. The van der Waals surface area contributed by atoms with E-state index in [2.05, 4.69) is 34.6 Å². The fourth-order valence-corrected chi connectivity index (χ4v) is 7.82. The lowest BCUT2D eigenvalue weighted by Crippen LogP contribution is -2.62. The van der Waals surface area contributed by atoms with Crippen LogP contribution in [-0.2, 0) is 30.3 Å². The van der Waals surface area contributed by atoms with E-state index >= 15 is 0 Å². The van der Waals surface area contributed by atoms with Gasteiger partial charge in [-0.25, -0.2) is 0 Å². The number of aliphatic hydroxyl groups excluding tert-OH is 1. The Labute approximate surface area is 249 Å². The quantitative estimate of drug-likeness (QED) is 0.404. The molecule has 1 aromatic carbocycles. The van der Waals surface area contributed by atoms with Gasteiger partial charge in [0.2, 0.25) is 11.8 Å². The lowest BCUT2D eigenvalue weighted by Gasteiger charge is -2.45. The highest BCUT2D eigenvalue weighted by atomic mass is 16.6. The molecule has 5 rings (SSSR count). The molecule has 0 aromatic heterocycles. The molecular formula is C34H46N2O6. The molecule has 4 aliphatic heterocycles. The molecule has 4 aliphatic rings. The highest BCUT2D eigenvalue weighted by Gasteiger charge is 2.72. The number of likely N-dealkylation sites (tertiary alicyclic amines) is 1. The maximum Gasteiger partial charge on any atom is 0.312 e. The first-order chi connectivity index (χ1) is 19.9. The predicted molar refractivity (Wildman–Crippen MR) is 159 cm³/mol. The van der Waals surface area contributed by atoms with E-state index in [1.54, 1.807) is 4.90 Å². The Morgan fingerprint density at radius 1 is 1.02 bits per heavy atom. The molecule has 6 atom stereocenters. The van der Waals surface area contributed by atoms with Crippen LogP contribution in [0.2, 0.25) is 0 Å². The first-order valence-electron chi connectivity index (χ1n) is 15.4. The van der Waals surface area contributed by atoms with E-state index in [-0.39, 0.29) is 30.4 Å². The zero-order chi connectivity index (χ0) is 30.3. The maximum atomic E-state index is 14.9. The Hall–Kier alpha value is -2.97. The molecule has 42 heavy (non-hydrogen) atoms. The summed E-state index contributed by atoms with van der Waals surface area (Å²) in [6.45, 7) is 10.9. The van der Waals surface area contributed by atoms with Crippen molar-refractivity contribution >= 4 is 17.8 Å². The summed E-state index contributed by atoms with van der Waals surface area (Å²) in [5.41, 5.74) is -0.997. The van der Waals surface area contributed by atoms with Crippen molar-refractivity contribution in [3.05, 3.63) is 60.2 Å². The second kappa shape index (κ2) is 11.6. The number of esters is 1. The number of hydrogen-bond acceptors (Lipinski definition) is 6. The molecule has 4 heterocycles. The summed E-state index contributed by atoms with van der Waals surface area (Å²) in [4.78, 5) is 46.5. The van der Waals surface area contributed by atoms with Crippen LogP contribution in [0.3, 0.4) is 0 Å². The van der Waals surface area contributed by atoms with Gasteiger partial charge in [0, 0.05) is 12.1 Å². The van der Waals surface area contributed by atoms with E-state index in [1.165, 1.54) is 0 Å². The number of carbonyl (C=O) groups excluding carboxylic acids is 3. The standard InChI is InChI=1S/C34H46N2O6/c1-32(2,3)22-33(4,5)35-18-13-17-34-27(26-25(42-34)16-11-6-7-12-19-41-31(26)40)29(38)36(28(34)30(35)39)24(21-37)20-23-14-9-8-10-15-23/h8-11,13-17,24-28,37H,6-7,12,18-22H2,1-5H3/b16-11-/t24-,25-,26+,27+,28?,34+/m1/s1. The monoisotopic (exact) mass is 578 g/mol. The van der Waals surface area contributed by atoms with Crippen LogP contribution in [0.15, 0.2) is 54.6 Å². The van der Waals surface area contributed by atoms with E-state index in [0.29, 0.717) is 13.0 Å². The van der Waals surface area contributed by atoms with Gasteiger partial charge in [-0.15, -0.1) is 0 Å². The third-order valence-corrected chi connectivity index (χ3v) is 9.15. The molecule has 8 heteroatoms. The van der Waals surface area contributed by atoms with Crippen molar-refractivity contribution in [2.24, 2.45) is 17.3 Å². The lowest BCUT2D eigenvalue weighted by molar-refractivity contribution is -0.157. The van der Waals surface area contributed by atoms with Crippen molar-refractivity contribution in [2.45, 2.75) is 96.1 Å². The topological polar surface area (TPSA) is 96.4 Å². The van der Waals surface area contributed by atoms with Crippen LogP contribution >= 0.6 is 0 Å². The molecule has 0 aliphatic carbocycles. The summed E-state index contributed by atoms with van der Waals surface area (Å²) in [6, 6.07) is 7.93. The van der Waals surface area contributed by atoms with E-state index in [1.807, 2.05) is 59.5 Å². The molecule has 0 bridgehead atoms. The van der Waals surface area contributed by atoms with Crippen molar-refractivity contribution in [1.29, 1.82) is 0 Å². The summed E-state index contributed by atoms with van der Waals surface area (Å²) in [5, 5.41) is 10.7. The molecule has 1 unspecified atom stereocenters. The van der Waals surface area contributed by atoms with Crippen LogP contribution < -0.4 is 0 Å². The maximum absolute atomic E-state index is 14.9. The Morgan fingerprint density at radius 3 is 2.45 bits per heavy atom. The predicted octanol–water partition coefficient (Wildman–Crippen LogP) is 4.07. The van der Waals surface area contributed by atoms with Gasteiger partial charge in [-0.05, 0) is 56.9 Å². The minimum atomic E-state index is -1.36. The van der Waals surface area contributed by atoms with Gasteiger partial charge in [-0.3, -0.25) is 14.4 Å². The fraction of sp³-hybridized carbons (Fsp3) is 0.618. The second-order valence-corrected chi connectivity index (χ2v) is 14.1. The summed E-state index contributed by atoms with van der Waals surface area (Å²) in [5.74, 6) is -2.88. The smallest absolute Gasteiger partial charge is 0.312 e. The molecule has 1 aromatic rings. The first-order valence-corrected chi connectivity index (χ1v) is 15.4. The zero-order valence-corrected chi connectivity index (χ0v) is 25.6. The van der Waals surface area contributed by atoms with Gasteiger partial charge in [0.05, 0.1) is 31.3 Å². The van der Waals surface area contributed by atoms with Gasteiger partial charge < -0.3 is 24.4 Å². The minimum absolute atomic E-state index is 0.0486. The van der Waals surface area contributed by atoms with Crippen molar-refractivity contribution in [2.75, 3.05) is 19.8 Å². The van der Waals surface area contributed by atoms with Gasteiger partial charge in [0.1, 0.15) is 17.6 Å². The summed E-state index contributed by atoms with van der Waals surface area (Å²) in [7, 11) is 0. The van der Waals surface area contributed by atoms with E-state index in [9.17, 15) is 19.5 Å². The third kappa shape index (κ3) is 5.55. The van der Waals surface area contributed by atoms with E-state index in [4.69, 9.17) is 9.47 Å². The van der Waals surface area contributed by atoms with Crippen molar-refractivity contribution in [1.82, 2.24) is 9.80 Å². The number of amides is 2. The van der Waals surface area contributed by atoms with Crippen LogP contribution in [0.1, 0.15) is 65.9 Å². The van der Waals surface area contributed by atoms with Crippen LogP contribution in [0.4, 0.5) is 0 Å². The van der Waals surface area contributed by atoms with Gasteiger partial charge in [0.25, 0.3) is 0 Å². The number of nitrogens with zero attached hydrogens (tertiary/aromatic N) is 2. The number of allylic oxidation sites excluding steroid dienone is 1. The van der Waals surface area contributed by atoms with Crippen LogP contribution in [0.5, 0.6) is 0 Å². The van der Waals surface area contributed by atoms with Gasteiger partial charge in [-0.1, -0.05) is 75.4 Å². The molecule has 2 amide bonds. The van der Waals surface area contributed by atoms with Crippen LogP contribution in [-0.4, -0.2) is 81.8 Å². The van der Waals surface area contributed by atoms with E-state index in [0.717, 1.165) is 31.2 Å². The fourth-order valence-electron chi connectivity index (χ4n) is 7.82. The molecule has 0 saturated carbocycles. The largest absolute Gasteiger partial charge is 0.465 e. The Morgan fingerprint density at radius 2 is 1.76 bits per heavy atom. The van der Waals surface area contributed by atoms with Crippen molar-refractivity contribution < 1.29 is 29.0 Å². The summed E-state index contributed by atoms with van der Waals surface area (Å²) < 4.78 is 12.5. The van der Waals surface area contributed by atoms with Crippen LogP contribution in [0.25, 0.3) is 0 Å². The molecule has 1 N–H and O–H groups in total. The van der Waals surface area contributed by atoms with Crippen molar-refractivity contribution in [3.8, 4) is 0 Å². The molecule has 2 fully saturated rings. The molecule has 2 saturated heterocycles.